The first kappa shape index (κ1) is 21.7. The molecule has 0 aliphatic carbocycles. The third-order valence-corrected chi connectivity index (χ3v) is 6.66. The SMILES string of the molecule is COc1c(F)cccc1NC1CC(Nc2ccc(N3CCCC3)cn2)NC2NN(C)C(=O)C12. The van der Waals surface area contributed by atoms with E-state index in [1.807, 2.05) is 12.3 Å². The number of hydrogen-bond acceptors (Lipinski definition) is 8. The first-order valence-electron chi connectivity index (χ1n) is 11.4. The summed E-state index contributed by atoms with van der Waals surface area (Å²) in [5.41, 5.74) is 4.85. The third kappa shape index (κ3) is 4.28. The van der Waals surface area contributed by atoms with E-state index in [4.69, 9.17) is 4.74 Å². The predicted molar refractivity (Wildman–Crippen MR) is 124 cm³/mol. The van der Waals surface area contributed by atoms with Gasteiger partial charge in [-0.3, -0.25) is 15.1 Å². The van der Waals surface area contributed by atoms with E-state index in [0.29, 0.717) is 12.1 Å². The second-order valence-corrected chi connectivity index (χ2v) is 8.80. The molecule has 4 unspecified atom stereocenters. The maximum atomic E-state index is 14.2. The zero-order valence-electron chi connectivity index (χ0n) is 18.8. The lowest BCUT2D eigenvalue weighted by Gasteiger charge is -2.39. The quantitative estimate of drug-likeness (QED) is 0.525. The largest absolute Gasteiger partial charge is 0.492 e. The van der Waals surface area contributed by atoms with Crippen LogP contribution >= 0.6 is 0 Å². The molecule has 33 heavy (non-hydrogen) atoms. The van der Waals surface area contributed by atoms with E-state index in [0.717, 1.165) is 24.6 Å². The van der Waals surface area contributed by atoms with Gasteiger partial charge in [-0.2, -0.15) is 0 Å². The van der Waals surface area contributed by atoms with Gasteiger partial charge in [0.25, 0.3) is 0 Å². The van der Waals surface area contributed by atoms with Crippen molar-refractivity contribution in [2.45, 2.75) is 37.6 Å². The van der Waals surface area contributed by atoms with Gasteiger partial charge in [-0.05, 0) is 37.1 Å². The van der Waals surface area contributed by atoms with Gasteiger partial charge < -0.3 is 20.3 Å². The van der Waals surface area contributed by atoms with Crippen LogP contribution in [0.1, 0.15) is 19.3 Å². The second-order valence-electron chi connectivity index (χ2n) is 8.80. The molecular formula is C23H30FN7O2. The molecule has 1 amide bonds. The molecule has 1 aromatic heterocycles. The minimum Gasteiger partial charge on any atom is -0.492 e. The zero-order valence-corrected chi connectivity index (χ0v) is 18.8. The number of rotatable bonds is 6. The van der Waals surface area contributed by atoms with E-state index in [-0.39, 0.29) is 35.9 Å². The summed E-state index contributed by atoms with van der Waals surface area (Å²) < 4.78 is 19.5. The summed E-state index contributed by atoms with van der Waals surface area (Å²) in [5.74, 6) is 0.0769. The molecule has 0 saturated carbocycles. The molecule has 3 fully saturated rings. The van der Waals surface area contributed by atoms with Crippen molar-refractivity contribution >= 4 is 23.1 Å². The molecule has 4 N–H and O–H groups in total. The molecule has 3 aliphatic heterocycles. The van der Waals surface area contributed by atoms with Crippen LogP contribution in [-0.2, 0) is 4.79 Å². The molecule has 3 aliphatic rings. The number of benzene rings is 1. The highest BCUT2D eigenvalue weighted by atomic mass is 19.1. The number of amides is 1. The summed E-state index contributed by atoms with van der Waals surface area (Å²) >= 11 is 0. The van der Waals surface area contributed by atoms with Gasteiger partial charge in [0.15, 0.2) is 11.6 Å². The number of nitrogens with zero attached hydrogens (tertiary/aromatic N) is 3. The van der Waals surface area contributed by atoms with Crippen molar-refractivity contribution in [1.82, 2.24) is 20.7 Å². The number of hydrogen-bond donors (Lipinski definition) is 4. The highest BCUT2D eigenvalue weighted by Crippen LogP contribution is 2.33. The van der Waals surface area contributed by atoms with Crippen LogP contribution in [0, 0.1) is 11.7 Å². The molecular weight excluding hydrogens is 425 g/mol. The number of carbonyl (C=O) groups is 1. The highest BCUT2D eigenvalue weighted by molar-refractivity contribution is 5.82. The lowest BCUT2D eigenvalue weighted by Crippen LogP contribution is -2.60. The van der Waals surface area contributed by atoms with Crippen LogP contribution in [-0.4, -0.2) is 61.5 Å². The lowest BCUT2D eigenvalue weighted by atomic mass is 9.88. The van der Waals surface area contributed by atoms with Crippen LogP contribution in [0.3, 0.4) is 0 Å². The van der Waals surface area contributed by atoms with Gasteiger partial charge in [0.2, 0.25) is 5.91 Å². The monoisotopic (exact) mass is 455 g/mol. The number of methoxy groups -OCH3 is 1. The molecule has 9 nitrogen and oxygen atoms in total. The first-order valence-corrected chi connectivity index (χ1v) is 11.4. The minimum atomic E-state index is -0.446. The molecule has 4 heterocycles. The fourth-order valence-electron chi connectivity index (χ4n) is 5.04. The van der Waals surface area contributed by atoms with Crippen LogP contribution in [0.5, 0.6) is 5.75 Å². The van der Waals surface area contributed by atoms with Gasteiger partial charge in [-0.15, -0.1) is 0 Å². The van der Waals surface area contributed by atoms with Crippen molar-refractivity contribution in [3.63, 3.8) is 0 Å². The van der Waals surface area contributed by atoms with E-state index < -0.39 is 5.82 Å². The molecule has 0 radical (unpaired) electrons. The molecule has 5 rings (SSSR count). The number of hydrazine groups is 1. The first-order chi connectivity index (χ1) is 16.0. The number of aromatic nitrogens is 1. The molecule has 1 aromatic carbocycles. The average Bonchev–Trinajstić information content (AvgIpc) is 3.43. The number of fused-ring (bicyclic) bond motifs is 1. The van der Waals surface area contributed by atoms with E-state index in [1.54, 1.807) is 19.2 Å². The highest BCUT2D eigenvalue weighted by Gasteiger charge is 2.48. The molecule has 4 atom stereocenters. The number of nitrogens with one attached hydrogen (secondary N) is 4. The Bertz CT molecular complexity index is 999. The Hall–Kier alpha value is -3.11. The van der Waals surface area contributed by atoms with Gasteiger partial charge in [0.1, 0.15) is 5.82 Å². The summed E-state index contributed by atoms with van der Waals surface area (Å²) in [6.07, 6.45) is 4.50. The minimum absolute atomic E-state index is 0.0214. The van der Waals surface area contributed by atoms with Crippen molar-refractivity contribution in [2.24, 2.45) is 5.92 Å². The molecule has 10 heteroatoms. The smallest absolute Gasteiger partial charge is 0.244 e. The Morgan fingerprint density at radius 2 is 2.00 bits per heavy atom. The Labute approximate surface area is 192 Å². The van der Waals surface area contributed by atoms with Gasteiger partial charge in [-0.1, -0.05) is 6.07 Å². The van der Waals surface area contributed by atoms with Crippen molar-refractivity contribution in [1.29, 1.82) is 0 Å². The van der Waals surface area contributed by atoms with Crippen molar-refractivity contribution < 1.29 is 13.9 Å². The van der Waals surface area contributed by atoms with E-state index in [1.165, 1.54) is 31.0 Å². The summed E-state index contributed by atoms with van der Waals surface area (Å²) in [4.78, 5) is 19.8. The van der Waals surface area contributed by atoms with Crippen LogP contribution in [0.25, 0.3) is 0 Å². The second kappa shape index (κ2) is 9.03. The number of para-hydroxylation sites is 1. The molecule has 176 valence electrons. The van der Waals surface area contributed by atoms with Crippen molar-refractivity contribution in [3.05, 3.63) is 42.3 Å². The number of ether oxygens (including phenoxy) is 1. The fraction of sp³-hybridized carbons (Fsp3) is 0.478. The maximum absolute atomic E-state index is 14.2. The zero-order chi connectivity index (χ0) is 22.9. The summed E-state index contributed by atoms with van der Waals surface area (Å²) in [5, 5.41) is 11.8. The Balaban J connectivity index is 1.33. The molecule has 0 bridgehead atoms. The standard InChI is InChI=1S/C23H30FN7O2/c1-30-23(32)20-17(26-16-7-5-6-15(24)21(16)33-2)12-19(28-22(20)29-30)27-18-9-8-14(13-25-18)31-10-3-4-11-31/h5-9,13,17,19-20,22,26,28-29H,3-4,10-12H2,1-2H3,(H,25,27). The van der Waals surface area contributed by atoms with Crippen LogP contribution < -0.4 is 31.0 Å². The maximum Gasteiger partial charge on any atom is 0.244 e. The summed E-state index contributed by atoms with van der Waals surface area (Å²) in [6.45, 7) is 2.15. The Kier molecular flexibility index (Phi) is 5.94. The van der Waals surface area contributed by atoms with E-state index >= 15 is 0 Å². The topological polar surface area (TPSA) is 93.8 Å². The molecule has 2 aromatic rings. The van der Waals surface area contributed by atoms with Gasteiger partial charge in [0.05, 0.1) is 42.9 Å². The van der Waals surface area contributed by atoms with Gasteiger partial charge >= 0.3 is 0 Å². The molecule has 0 spiro atoms. The normalized spacial score (nSPS) is 26.9. The number of pyridine rings is 1. The van der Waals surface area contributed by atoms with Gasteiger partial charge in [0, 0.05) is 32.6 Å². The number of halogens is 1. The number of carbonyl (C=O) groups excluding carboxylic acids is 1. The van der Waals surface area contributed by atoms with E-state index in [9.17, 15) is 9.18 Å². The summed E-state index contributed by atoms with van der Waals surface area (Å²) in [7, 11) is 3.15. The number of anilines is 3. The van der Waals surface area contributed by atoms with Crippen molar-refractivity contribution in [3.8, 4) is 5.75 Å². The van der Waals surface area contributed by atoms with Crippen molar-refractivity contribution in [2.75, 3.05) is 42.8 Å². The van der Waals surface area contributed by atoms with Crippen LogP contribution in [0.15, 0.2) is 36.5 Å². The van der Waals surface area contributed by atoms with Gasteiger partial charge in [-0.25, -0.2) is 14.8 Å². The Morgan fingerprint density at radius 3 is 2.73 bits per heavy atom. The average molecular weight is 456 g/mol. The Morgan fingerprint density at radius 1 is 1.18 bits per heavy atom. The lowest BCUT2D eigenvalue weighted by molar-refractivity contribution is -0.131. The molecule has 3 saturated heterocycles. The third-order valence-electron chi connectivity index (χ3n) is 6.66. The van der Waals surface area contributed by atoms with Crippen LogP contribution in [0.4, 0.5) is 21.6 Å². The predicted octanol–water partition coefficient (Wildman–Crippen LogP) is 1.96. The summed E-state index contributed by atoms with van der Waals surface area (Å²) in [6, 6.07) is 8.56. The van der Waals surface area contributed by atoms with E-state index in [2.05, 4.69) is 37.3 Å². The van der Waals surface area contributed by atoms with Crippen LogP contribution in [0.2, 0.25) is 0 Å². The number of piperidine rings is 1. The fourth-order valence-corrected chi connectivity index (χ4v) is 5.04.